The predicted molar refractivity (Wildman–Crippen MR) is 65.9 cm³/mol. The molecule has 1 N–H and O–H groups in total. The van der Waals surface area contributed by atoms with Gasteiger partial charge >= 0.3 is 5.97 Å². The summed E-state index contributed by atoms with van der Waals surface area (Å²) in [5.74, 6) is -1.38. The van der Waals surface area contributed by atoms with Crippen LogP contribution >= 0.6 is 0 Å². The van der Waals surface area contributed by atoms with Crippen molar-refractivity contribution in [1.82, 2.24) is 0 Å². The van der Waals surface area contributed by atoms with Crippen LogP contribution < -0.4 is 4.74 Å². The number of hydrogen-bond donors (Lipinski definition) is 1. The molecule has 4 nitrogen and oxygen atoms in total. The molecule has 2 rings (SSSR count). The smallest absolute Gasteiger partial charge is 0.307 e. The van der Waals surface area contributed by atoms with Gasteiger partial charge in [-0.15, -0.1) is 0 Å². The zero-order valence-corrected chi connectivity index (χ0v) is 10.5. The molecular formula is C14H16O4. The number of carbonyl (C=O) groups excluding carboxylic acids is 1. The third-order valence-electron chi connectivity index (χ3n) is 3.62. The molecule has 1 aromatic carbocycles. The zero-order chi connectivity index (χ0) is 13.3. The molecule has 0 saturated heterocycles. The summed E-state index contributed by atoms with van der Waals surface area (Å²) in [4.78, 5) is 23.4. The van der Waals surface area contributed by atoms with Crippen LogP contribution in [0.5, 0.6) is 5.75 Å². The molecule has 1 aliphatic rings. The number of hydrogen-bond acceptors (Lipinski definition) is 3. The lowest BCUT2D eigenvalue weighted by molar-refractivity contribution is -0.143. The number of carboxylic acid groups (broad SMARTS) is 1. The Labute approximate surface area is 106 Å². The second kappa shape index (κ2) is 4.80. The number of benzene rings is 1. The molecular weight excluding hydrogens is 232 g/mol. The van der Waals surface area contributed by atoms with Crippen LogP contribution in [0.2, 0.25) is 0 Å². The lowest BCUT2D eigenvalue weighted by Gasteiger charge is -2.15. The number of ether oxygens (including phenoxy) is 1. The van der Waals surface area contributed by atoms with Crippen molar-refractivity contribution in [2.75, 3.05) is 7.11 Å². The van der Waals surface area contributed by atoms with Gasteiger partial charge in [-0.3, -0.25) is 9.59 Å². The van der Waals surface area contributed by atoms with Crippen molar-refractivity contribution in [3.8, 4) is 5.75 Å². The molecule has 0 spiro atoms. The average molecular weight is 248 g/mol. The monoisotopic (exact) mass is 248 g/mol. The minimum absolute atomic E-state index is 0.0712. The molecule has 0 heterocycles. The fourth-order valence-electron chi connectivity index (χ4n) is 2.67. The highest BCUT2D eigenvalue weighted by Gasteiger charge is 2.40. The van der Waals surface area contributed by atoms with Gasteiger partial charge in [0.25, 0.3) is 0 Å². The number of carboxylic acids is 1. The summed E-state index contributed by atoms with van der Waals surface area (Å²) in [5, 5.41) is 9.17. The van der Waals surface area contributed by atoms with Gasteiger partial charge < -0.3 is 9.84 Å². The number of rotatable bonds is 4. The number of ketones is 1. The van der Waals surface area contributed by atoms with Gasteiger partial charge in [-0.05, 0) is 18.9 Å². The summed E-state index contributed by atoms with van der Waals surface area (Å²) in [7, 11) is 1.56. The van der Waals surface area contributed by atoms with Crippen molar-refractivity contribution in [3.05, 3.63) is 29.3 Å². The van der Waals surface area contributed by atoms with Crippen molar-refractivity contribution in [3.63, 3.8) is 0 Å². The first-order valence-electron chi connectivity index (χ1n) is 6.03. The van der Waals surface area contributed by atoms with E-state index in [1.807, 2.05) is 0 Å². The molecule has 0 fully saturated rings. The summed E-state index contributed by atoms with van der Waals surface area (Å²) >= 11 is 0. The van der Waals surface area contributed by atoms with E-state index in [1.165, 1.54) is 0 Å². The van der Waals surface area contributed by atoms with Crippen molar-refractivity contribution in [2.24, 2.45) is 11.8 Å². The van der Waals surface area contributed by atoms with E-state index in [0.717, 1.165) is 5.56 Å². The van der Waals surface area contributed by atoms with Gasteiger partial charge in [0.2, 0.25) is 0 Å². The van der Waals surface area contributed by atoms with Crippen LogP contribution in [0.3, 0.4) is 0 Å². The lowest BCUT2D eigenvalue weighted by atomic mass is 9.87. The summed E-state index contributed by atoms with van der Waals surface area (Å²) in [6.07, 6.45) is 0.922. The summed E-state index contributed by atoms with van der Waals surface area (Å²) in [6.45, 7) is 1.80. The van der Waals surface area contributed by atoms with Gasteiger partial charge in [-0.2, -0.15) is 0 Å². The number of methoxy groups -OCH3 is 1. The van der Waals surface area contributed by atoms with Crippen LogP contribution in [0.15, 0.2) is 18.2 Å². The predicted octanol–water partition coefficient (Wildman–Crippen LogP) is 2.16. The molecule has 0 saturated carbocycles. The first-order valence-corrected chi connectivity index (χ1v) is 6.03. The number of fused-ring (bicyclic) bond motifs is 1. The Hall–Kier alpha value is -1.84. The van der Waals surface area contributed by atoms with E-state index in [2.05, 4.69) is 0 Å². The largest absolute Gasteiger partial charge is 0.496 e. The van der Waals surface area contributed by atoms with E-state index < -0.39 is 17.8 Å². The van der Waals surface area contributed by atoms with E-state index in [4.69, 9.17) is 4.74 Å². The zero-order valence-electron chi connectivity index (χ0n) is 10.5. The Morgan fingerprint density at radius 2 is 2.28 bits per heavy atom. The second-order valence-electron chi connectivity index (χ2n) is 4.51. The first-order chi connectivity index (χ1) is 8.60. The van der Waals surface area contributed by atoms with Crippen molar-refractivity contribution in [2.45, 2.75) is 19.8 Å². The molecule has 2 unspecified atom stereocenters. The highest BCUT2D eigenvalue weighted by molar-refractivity contribution is 6.04. The summed E-state index contributed by atoms with van der Waals surface area (Å²) in [5.41, 5.74) is 1.45. The molecule has 2 atom stereocenters. The molecule has 1 aliphatic carbocycles. The third kappa shape index (κ3) is 1.88. The molecule has 4 heteroatoms. The van der Waals surface area contributed by atoms with Gasteiger partial charge in [0.15, 0.2) is 5.78 Å². The van der Waals surface area contributed by atoms with Gasteiger partial charge in [-0.25, -0.2) is 0 Å². The number of aliphatic carboxylic acids is 1. The Morgan fingerprint density at radius 3 is 2.83 bits per heavy atom. The summed E-state index contributed by atoms with van der Waals surface area (Å²) < 4.78 is 5.23. The fourth-order valence-corrected chi connectivity index (χ4v) is 2.67. The van der Waals surface area contributed by atoms with Crippen LogP contribution in [0.1, 0.15) is 29.3 Å². The van der Waals surface area contributed by atoms with Crippen molar-refractivity contribution < 1.29 is 19.4 Å². The van der Waals surface area contributed by atoms with E-state index in [-0.39, 0.29) is 5.78 Å². The lowest BCUT2D eigenvalue weighted by Crippen LogP contribution is -2.27. The molecule has 0 aromatic heterocycles. The van der Waals surface area contributed by atoms with Gasteiger partial charge in [0, 0.05) is 17.0 Å². The van der Waals surface area contributed by atoms with Crippen LogP contribution in [0, 0.1) is 11.8 Å². The molecule has 96 valence electrons. The third-order valence-corrected chi connectivity index (χ3v) is 3.62. The SMILES string of the molecule is CCC(C(=O)O)C1Cc2c(OC)cccc2C1=O. The number of carbonyl (C=O) groups is 2. The van der Waals surface area contributed by atoms with Gasteiger partial charge in [-0.1, -0.05) is 19.1 Å². The summed E-state index contributed by atoms with van der Waals surface area (Å²) in [6, 6.07) is 5.31. The minimum Gasteiger partial charge on any atom is -0.496 e. The number of Topliss-reactive ketones (excluding diaryl/α,β-unsaturated/α-hetero) is 1. The van der Waals surface area contributed by atoms with Gasteiger partial charge in [0.05, 0.1) is 13.0 Å². The minimum atomic E-state index is -0.900. The molecule has 0 amide bonds. The topological polar surface area (TPSA) is 63.6 Å². The van der Waals surface area contributed by atoms with Crippen LogP contribution in [0.4, 0.5) is 0 Å². The molecule has 0 aliphatic heterocycles. The normalized spacial score (nSPS) is 19.4. The molecule has 0 bridgehead atoms. The van der Waals surface area contributed by atoms with E-state index in [1.54, 1.807) is 32.2 Å². The first kappa shape index (κ1) is 12.6. The van der Waals surface area contributed by atoms with E-state index in [0.29, 0.717) is 24.2 Å². The highest BCUT2D eigenvalue weighted by atomic mass is 16.5. The van der Waals surface area contributed by atoms with Crippen LogP contribution in [-0.2, 0) is 11.2 Å². The average Bonchev–Trinajstić information content (AvgIpc) is 2.68. The maximum absolute atomic E-state index is 12.3. The van der Waals surface area contributed by atoms with Crippen molar-refractivity contribution >= 4 is 11.8 Å². The molecule has 1 aromatic rings. The van der Waals surface area contributed by atoms with E-state index in [9.17, 15) is 14.7 Å². The highest BCUT2D eigenvalue weighted by Crippen LogP contribution is 2.37. The Kier molecular flexibility index (Phi) is 3.36. The Morgan fingerprint density at radius 1 is 1.56 bits per heavy atom. The standard InChI is InChI=1S/C14H16O4/c1-3-8(14(16)17)11-7-10-9(13(11)15)5-4-6-12(10)18-2/h4-6,8,11H,3,7H2,1-2H3,(H,16,17). The van der Waals surface area contributed by atoms with Crippen LogP contribution in [0.25, 0.3) is 0 Å². The second-order valence-corrected chi connectivity index (χ2v) is 4.51. The maximum Gasteiger partial charge on any atom is 0.307 e. The Balaban J connectivity index is 2.38. The van der Waals surface area contributed by atoms with E-state index >= 15 is 0 Å². The van der Waals surface area contributed by atoms with Crippen molar-refractivity contribution in [1.29, 1.82) is 0 Å². The molecule has 18 heavy (non-hydrogen) atoms. The maximum atomic E-state index is 12.3. The quantitative estimate of drug-likeness (QED) is 0.886. The molecule has 0 radical (unpaired) electrons. The Bertz CT molecular complexity index is 493. The fraction of sp³-hybridized carbons (Fsp3) is 0.429. The van der Waals surface area contributed by atoms with Gasteiger partial charge in [0.1, 0.15) is 5.75 Å². The van der Waals surface area contributed by atoms with Crippen LogP contribution in [-0.4, -0.2) is 24.0 Å².